The molecule has 0 saturated carbocycles. The second-order valence-corrected chi connectivity index (χ2v) is 9.69. The lowest BCUT2D eigenvalue weighted by Gasteiger charge is -2.12. The minimum atomic E-state index is -3.78. The van der Waals surface area contributed by atoms with Gasteiger partial charge in [-0.1, -0.05) is 0 Å². The predicted molar refractivity (Wildman–Crippen MR) is 134 cm³/mol. The normalized spacial score (nSPS) is 15.4. The van der Waals surface area contributed by atoms with E-state index in [2.05, 4.69) is 10.0 Å². The molecule has 0 bridgehead atoms. The Labute approximate surface area is 205 Å². The minimum Gasteiger partial charge on any atom is -0.494 e. The van der Waals surface area contributed by atoms with E-state index in [1.54, 1.807) is 60.7 Å². The van der Waals surface area contributed by atoms with Crippen LogP contribution in [0.25, 0.3) is 0 Å². The molecule has 3 aromatic carbocycles. The number of anilines is 2. The van der Waals surface area contributed by atoms with Crippen LogP contribution >= 0.6 is 0 Å². The van der Waals surface area contributed by atoms with Gasteiger partial charge in [0.15, 0.2) is 0 Å². The van der Waals surface area contributed by atoms with Crippen molar-refractivity contribution < 1.29 is 27.4 Å². The van der Waals surface area contributed by atoms with Crippen molar-refractivity contribution in [3.8, 4) is 11.5 Å². The van der Waals surface area contributed by atoms with Crippen LogP contribution in [0.1, 0.15) is 30.1 Å². The fourth-order valence-electron chi connectivity index (χ4n) is 3.59. The molecular formula is C26H28N2O6S. The quantitative estimate of drug-likeness (QED) is 0.422. The van der Waals surface area contributed by atoms with Crippen molar-refractivity contribution in [2.75, 3.05) is 29.9 Å². The molecular weight excluding hydrogens is 468 g/mol. The highest BCUT2D eigenvalue weighted by Gasteiger charge is 2.17. The summed E-state index contributed by atoms with van der Waals surface area (Å²) >= 11 is 0. The number of amides is 1. The molecule has 0 spiro atoms. The molecule has 1 saturated heterocycles. The van der Waals surface area contributed by atoms with Crippen LogP contribution in [-0.4, -0.2) is 40.2 Å². The van der Waals surface area contributed by atoms with Gasteiger partial charge in [0.25, 0.3) is 15.9 Å². The summed E-state index contributed by atoms with van der Waals surface area (Å²) in [6, 6.07) is 19.5. The molecule has 0 aromatic heterocycles. The van der Waals surface area contributed by atoms with E-state index in [4.69, 9.17) is 14.2 Å². The van der Waals surface area contributed by atoms with Crippen LogP contribution in [0, 0.1) is 0 Å². The van der Waals surface area contributed by atoms with Gasteiger partial charge >= 0.3 is 0 Å². The van der Waals surface area contributed by atoms with Crippen molar-refractivity contribution in [1.82, 2.24) is 0 Å². The largest absolute Gasteiger partial charge is 0.494 e. The number of hydrogen-bond donors (Lipinski definition) is 2. The highest BCUT2D eigenvalue weighted by Crippen LogP contribution is 2.22. The summed E-state index contributed by atoms with van der Waals surface area (Å²) in [5.74, 6) is 1.03. The van der Waals surface area contributed by atoms with Crippen molar-refractivity contribution in [3.05, 3.63) is 78.4 Å². The van der Waals surface area contributed by atoms with Crippen molar-refractivity contribution in [2.45, 2.75) is 30.8 Å². The molecule has 1 fully saturated rings. The third-order valence-corrected chi connectivity index (χ3v) is 6.81. The maximum absolute atomic E-state index is 12.7. The number of nitrogens with one attached hydrogen (secondary N) is 2. The average molecular weight is 497 g/mol. The maximum Gasteiger partial charge on any atom is 0.261 e. The molecule has 2 N–H and O–H groups in total. The van der Waals surface area contributed by atoms with E-state index in [1.165, 1.54) is 12.1 Å². The molecule has 9 heteroatoms. The van der Waals surface area contributed by atoms with Gasteiger partial charge in [-0.05, 0) is 92.6 Å². The fourth-order valence-corrected chi connectivity index (χ4v) is 4.65. The molecule has 1 atom stereocenters. The summed E-state index contributed by atoms with van der Waals surface area (Å²) < 4.78 is 44.5. The Morgan fingerprint density at radius 1 is 0.914 bits per heavy atom. The Kier molecular flexibility index (Phi) is 7.89. The Hall–Kier alpha value is -3.56. The first-order valence-electron chi connectivity index (χ1n) is 11.4. The maximum atomic E-state index is 12.7. The van der Waals surface area contributed by atoms with Crippen LogP contribution < -0.4 is 19.5 Å². The van der Waals surface area contributed by atoms with Crippen LogP contribution in [0.5, 0.6) is 11.5 Å². The van der Waals surface area contributed by atoms with Crippen molar-refractivity contribution in [3.63, 3.8) is 0 Å². The third kappa shape index (κ3) is 6.74. The minimum absolute atomic E-state index is 0.0807. The number of hydrogen-bond acceptors (Lipinski definition) is 6. The van der Waals surface area contributed by atoms with E-state index in [9.17, 15) is 13.2 Å². The fraction of sp³-hybridized carbons (Fsp3) is 0.269. The highest BCUT2D eigenvalue weighted by atomic mass is 32.2. The second-order valence-electron chi connectivity index (χ2n) is 8.01. The number of benzene rings is 3. The Morgan fingerprint density at radius 3 is 2.17 bits per heavy atom. The monoisotopic (exact) mass is 496 g/mol. The zero-order chi connectivity index (χ0) is 24.7. The van der Waals surface area contributed by atoms with E-state index < -0.39 is 10.0 Å². The van der Waals surface area contributed by atoms with Gasteiger partial charge in [0, 0.05) is 23.5 Å². The van der Waals surface area contributed by atoms with Crippen LogP contribution in [0.15, 0.2) is 77.7 Å². The lowest BCUT2D eigenvalue weighted by Crippen LogP contribution is -2.16. The molecule has 184 valence electrons. The van der Waals surface area contributed by atoms with Crippen LogP contribution in [0.3, 0.4) is 0 Å². The molecule has 35 heavy (non-hydrogen) atoms. The topological polar surface area (TPSA) is 103 Å². The van der Waals surface area contributed by atoms with Crippen LogP contribution in [-0.2, 0) is 14.8 Å². The molecule has 1 unspecified atom stereocenters. The summed E-state index contributed by atoms with van der Waals surface area (Å²) in [6.45, 7) is 3.68. The summed E-state index contributed by atoms with van der Waals surface area (Å²) in [5.41, 5.74) is 1.37. The van der Waals surface area contributed by atoms with Crippen molar-refractivity contribution in [1.29, 1.82) is 0 Å². The summed E-state index contributed by atoms with van der Waals surface area (Å²) in [7, 11) is -3.78. The van der Waals surface area contributed by atoms with Crippen molar-refractivity contribution in [2.24, 2.45) is 0 Å². The van der Waals surface area contributed by atoms with Gasteiger partial charge in [0.1, 0.15) is 18.1 Å². The van der Waals surface area contributed by atoms with E-state index in [1.807, 2.05) is 6.92 Å². The first kappa shape index (κ1) is 24.6. The molecule has 0 radical (unpaired) electrons. The van der Waals surface area contributed by atoms with Gasteiger partial charge in [-0.3, -0.25) is 9.52 Å². The Balaban J connectivity index is 1.32. The Morgan fingerprint density at radius 2 is 1.54 bits per heavy atom. The second kappa shape index (κ2) is 11.2. The zero-order valence-electron chi connectivity index (χ0n) is 19.4. The van der Waals surface area contributed by atoms with Gasteiger partial charge in [-0.15, -0.1) is 0 Å². The summed E-state index contributed by atoms with van der Waals surface area (Å²) in [6.07, 6.45) is 2.18. The molecule has 8 nitrogen and oxygen atoms in total. The first-order chi connectivity index (χ1) is 16.9. The first-order valence-corrected chi connectivity index (χ1v) is 12.9. The predicted octanol–water partition coefficient (Wildman–Crippen LogP) is 4.70. The van der Waals surface area contributed by atoms with Gasteiger partial charge < -0.3 is 19.5 Å². The highest BCUT2D eigenvalue weighted by molar-refractivity contribution is 7.92. The van der Waals surface area contributed by atoms with Crippen LogP contribution in [0.4, 0.5) is 11.4 Å². The van der Waals surface area contributed by atoms with Gasteiger partial charge in [-0.2, -0.15) is 0 Å². The van der Waals surface area contributed by atoms with Crippen molar-refractivity contribution >= 4 is 27.3 Å². The number of carbonyl (C=O) groups is 1. The zero-order valence-corrected chi connectivity index (χ0v) is 20.2. The standard InChI is InChI=1S/C26H28N2O6S/c1-2-32-22-13-7-21(8-14-22)28-35(30,31)25-15-9-20(10-16-25)27-26(29)19-5-11-23(12-6-19)34-18-24-4-3-17-33-24/h5-16,24,28H,2-4,17-18H2,1H3,(H,27,29). The summed E-state index contributed by atoms with van der Waals surface area (Å²) in [4.78, 5) is 12.7. The number of sulfonamides is 1. The molecule has 1 aliphatic heterocycles. The SMILES string of the molecule is CCOc1ccc(NS(=O)(=O)c2ccc(NC(=O)c3ccc(OCC4CCCO4)cc3)cc2)cc1. The van der Waals surface area contributed by atoms with Gasteiger partial charge in [0.2, 0.25) is 0 Å². The lowest BCUT2D eigenvalue weighted by atomic mass is 10.2. The number of ether oxygens (including phenoxy) is 3. The lowest BCUT2D eigenvalue weighted by molar-refractivity contribution is 0.0679. The van der Waals surface area contributed by atoms with Crippen LogP contribution in [0.2, 0.25) is 0 Å². The van der Waals surface area contributed by atoms with E-state index in [-0.39, 0.29) is 16.9 Å². The van der Waals surface area contributed by atoms with E-state index >= 15 is 0 Å². The molecule has 1 aliphatic rings. The number of carbonyl (C=O) groups excluding carboxylic acids is 1. The average Bonchev–Trinajstić information content (AvgIpc) is 3.38. The molecule has 1 heterocycles. The summed E-state index contributed by atoms with van der Waals surface area (Å²) in [5, 5.41) is 2.77. The third-order valence-electron chi connectivity index (χ3n) is 5.42. The molecule has 0 aliphatic carbocycles. The number of rotatable bonds is 10. The van der Waals surface area contributed by atoms with E-state index in [0.29, 0.717) is 41.7 Å². The van der Waals surface area contributed by atoms with Gasteiger partial charge in [0.05, 0.1) is 17.6 Å². The smallest absolute Gasteiger partial charge is 0.261 e. The molecule has 1 amide bonds. The Bertz CT molecular complexity index is 1220. The van der Waals surface area contributed by atoms with Gasteiger partial charge in [-0.25, -0.2) is 8.42 Å². The molecule has 3 aromatic rings. The van der Waals surface area contributed by atoms with E-state index in [0.717, 1.165) is 19.4 Å². The molecule has 4 rings (SSSR count).